The lowest BCUT2D eigenvalue weighted by Crippen LogP contribution is -2.63. The second kappa shape index (κ2) is 13.1. The maximum atomic E-state index is 14.1. The zero-order valence-electron chi connectivity index (χ0n) is 20.9. The summed E-state index contributed by atoms with van der Waals surface area (Å²) in [4.78, 5) is 26.4. The third-order valence-electron chi connectivity index (χ3n) is 5.59. The summed E-state index contributed by atoms with van der Waals surface area (Å²) in [6, 6.07) is 6.86. The highest BCUT2D eigenvalue weighted by molar-refractivity contribution is 7.95. The summed E-state index contributed by atoms with van der Waals surface area (Å²) < 4.78 is 123. The predicted octanol–water partition coefficient (Wildman–Crippen LogP) is 7.98. The van der Waals surface area contributed by atoms with Crippen LogP contribution in [0.3, 0.4) is 0 Å². The van der Waals surface area contributed by atoms with Crippen LogP contribution in [0.1, 0.15) is 65.3 Å². The van der Waals surface area contributed by atoms with Crippen LogP contribution in [0, 0.1) is 11.8 Å². The summed E-state index contributed by atoms with van der Waals surface area (Å²) in [6.07, 6.45) is -2.11. The second-order valence-electron chi connectivity index (χ2n) is 8.38. The van der Waals surface area contributed by atoms with Crippen molar-refractivity contribution in [2.45, 2.75) is 62.2 Å². The van der Waals surface area contributed by atoms with E-state index in [2.05, 4.69) is 23.0 Å². The van der Waals surface area contributed by atoms with Gasteiger partial charge in [-0.2, -0.15) is 39.4 Å². The summed E-state index contributed by atoms with van der Waals surface area (Å²) in [7, 11) is 0.642. The lowest BCUT2D eigenvalue weighted by atomic mass is 9.95. The average Bonchev–Trinajstić information content (AvgIpc) is 2.91. The number of nitrogens with zero attached hydrogens (tertiary/aromatic N) is 1. The van der Waals surface area contributed by atoms with Crippen molar-refractivity contribution in [3.05, 3.63) is 47.0 Å². The highest BCUT2D eigenvalue weighted by Crippen LogP contribution is 2.56. The van der Waals surface area contributed by atoms with Crippen LogP contribution in [0.4, 0.5) is 39.6 Å². The van der Waals surface area contributed by atoms with Crippen LogP contribution in [0.25, 0.3) is 10.8 Å². The minimum Gasteiger partial charge on any atom is -0.298 e. The minimum absolute atomic E-state index is 0.00280. The molecule has 40 heavy (non-hydrogen) atoms. The first-order valence-electron chi connectivity index (χ1n) is 11.5. The number of fused-ring (bicyclic) bond motifs is 1. The van der Waals surface area contributed by atoms with Crippen molar-refractivity contribution < 1.29 is 58.5 Å². The molecule has 5 nitrogen and oxygen atoms in total. The van der Waals surface area contributed by atoms with Crippen molar-refractivity contribution in [3.8, 4) is 11.8 Å². The van der Waals surface area contributed by atoms with Crippen LogP contribution in [-0.2, 0) is 9.23 Å². The van der Waals surface area contributed by atoms with Crippen LogP contribution in [-0.4, -0.2) is 47.5 Å². The molecule has 0 N–H and O–H groups in total. The van der Waals surface area contributed by atoms with Crippen molar-refractivity contribution in [2.75, 3.05) is 7.05 Å². The number of hydrogen-bond acceptors (Lipinski definition) is 5. The number of carbonyl (C=O) groups is 2. The molecule has 0 aromatic heterocycles. The highest BCUT2D eigenvalue weighted by Gasteiger charge is 2.83. The molecule has 0 aliphatic rings. The zero-order chi connectivity index (χ0) is 30.4. The molecule has 0 saturated carbocycles. The maximum absolute atomic E-state index is 14.1. The van der Waals surface area contributed by atoms with E-state index in [-0.39, 0.29) is 21.6 Å². The van der Waals surface area contributed by atoms with Gasteiger partial charge >= 0.3 is 23.2 Å². The van der Waals surface area contributed by atoms with E-state index in [4.69, 9.17) is 0 Å². The number of halogens is 9. The van der Waals surface area contributed by atoms with Crippen LogP contribution in [0.15, 0.2) is 30.3 Å². The molecule has 220 valence electrons. The van der Waals surface area contributed by atoms with Gasteiger partial charge in [0.15, 0.2) is 6.29 Å². The van der Waals surface area contributed by atoms with Crippen LogP contribution in [0.2, 0.25) is 0 Å². The number of carbonyl (C=O) groups excluding carboxylic acids is 2. The summed E-state index contributed by atoms with van der Waals surface area (Å²) in [6.45, 7) is 2.05. The first-order chi connectivity index (χ1) is 18.6. The summed E-state index contributed by atoms with van der Waals surface area (Å²) in [5.41, 5.74) is 0.0376. The van der Waals surface area contributed by atoms with Crippen LogP contribution >= 0.6 is 12.0 Å². The van der Waals surface area contributed by atoms with E-state index in [1.54, 1.807) is 4.94 Å². The number of unbranched alkanes of at least 4 members (excludes halogenated alkanes) is 4. The number of benzene rings is 2. The van der Waals surface area contributed by atoms with Gasteiger partial charge in [-0.15, -0.1) is 4.94 Å². The lowest BCUT2D eigenvalue weighted by molar-refractivity contribution is -0.458. The zero-order valence-corrected chi connectivity index (χ0v) is 21.7. The van der Waals surface area contributed by atoms with E-state index in [1.165, 1.54) is 24.3 Å². The monoisotopic (exact) mass is 603 g/mol. The molecule has 0 heterocycles. The Morgan fingerprint density at radius 3 is 2.27 bits per heavy atom. The molecule has 0 aliphatic carbocycles. The van der Waals surface area contributed by atoms with Crippen molar-refractivity contribution in [1.29, 1.82) is 0 Å². The van der Waals surface area contributed by atoms with Crippen molar-refractivity contribution in [2.24, 2.45) is 0 Å². The second-order valence-corrected chi connectivity index (χ2v) is 9.21. The number of hydroxylamine groups is 2. The van der Waals surface area contributed by atoms with Gasteiger partial charge in [0, 0.05) is 30.0 Å². The first kappa shape index (κ1) is 33.2. The smallest absolute Gasteiger partial charge is 0.298 e. The van der Waals surface area contributed by atoms with Crippen LogP contribution < -0.4 is 0 Å². The number of amides is 1. The SMILES string of the molecule is CCCCCCC#Cc1ccc(C=O)c2c(C(=O)N(C)OSC(F)(F)C(F)(OF)C(F)(F)C(F)(F)F)cccc12. The van der Waals surface area contributed by atoms with E-state index >= 15 is 0 Å². The summed E-state index contributed by atoms with van der Waals surface area (Å²) in [5.74, 6) is -8.98. The molecule has 2 aromatic carbocycles. The largest absolute Gasteiger partial charge is 0.459 e. The molecule has 0 radical (unpaired) electrons. The van der Waals surface area contributed by atoms with Gasteiger partial charge in [0.2, 0.25) is 0 Å². The molecule has 15 heteroatoms. The Morgan fingerprint density at radius 2 is 1.70 bits per heavy atom. The average molecular weight is 604 g/mol. The number of hydrogen-bond donors (Lipinski definition) is 0. The number of alkyl halides is 8. The van der Waals surface area contributed by atoms with Gasteiger partial charge in [-0.3, -0.25) is 9.59 Å². The van der Waals surface area contributed by atoms with Crippen LogP contribution in [0.5, 0.6) is 0 Å². The molecular formula is C25H22F9NO4S. The molecule has 1 atom stereocenters. The fourth-order valence-electron chi connectivity index (χ4n) is 3.44. The van der Waals surface area contributed by atoms with E-state index < -0.39 is 41.2 Å². The molecule has 2 rings (SSSR count). The van der Waals surface area contributed by atoms with E-state index in [1.807, 2.05) is 0 Å². The Bertz CT molecular complexity index is 1280. The van der Waals surface area contributed by atoms with Gasteiger partial charge in [-0.05, 0) is 34.5 Å². The molecule has 0 aliphatic heterocycles. The molecular weight excluding hydrogens is 581 g/mol. The predicted molar refractivity (Wildman–Crippen MR) is 128 cm³/mol. The van der Waals surface area contributed by atoms with Gasteiger partial charge in [0.1, 0.15) is 12.0 Å². The number of aldehydes is 1. The van der Waals surface area contributed by atoms with Gasteiger partial charge in [0.25, 0.3) is 5.91 Å². The van der Waals surface area contributed by atoms with Gasteiger partial charge in [-0.1, -0.05) is 50.2 Å². The van der Waals surface area contributed by atoms with Gasteiger partial charge < -0.3 is 0 Å². The molecule has 0 bridgehead atoms. The fourth-order valence-corrected chi connectivity index (χ4v) is 3.98. The molecule has 1 unspecified atom stereocenters. The first-order valence-corrected chi connectivity index (χ1v) is 12.3. The van der Waals surface area contributed by atoms with E-state index in [9.17, 15) is 49.2 Å². The molecule has 0 spiro atoms. The Morgan fingerprint density at radius 1 is 1.02 bits per heavy atom. The Balaban J connectivity index is 2.37. The summed E-state index contributed by atoms with van der Waals surface area (Å²) in [5, 5.41) is -5.79. The third-order valence-corrected chi connectivity index (χ3v) is 6.36. The number of rotatable bonds is 12. The van der Waals surface area contributed by atoms with Crippen molar-refractivity contribution in [1.82, 2.24) is 5.06 Å². The third kappa shape index (κ3) is 6.67. The topological polar surface area (TPSA) is 55.8 Å². The highest BCUT2D eigenvalue weighted by atomic mass is 32.2. The standard InChI is InChI=1S/C25H22F9NO4S/c1-3-4-5-6-7-8-10-16-13-14-17(15-36)20-18(16)11-9-12-19(20)21(37)35(2)39-40-25(32,33)23(28,38-34)22(26,27)24(29,30)31/h9,11-15H,3-7H2,1-2H3. The molecule has 1 amide bonds. The van der Waals surface area contributed by atoms with Crippen molar-refractivity contribution >= 4 is 35.0 Å². The maximum Gasteiger partial charge on any atom is 0.459 e. The van der Waals surface area contributed by atoms with Gasteiger partial charge in [0.05, 0.1) is 5.56 Å². The Labute approximate surface area is 227 Å². The van der Waals surface area contributed by atoms with Crippen molar-refractivity contribution in [3.63, 3.8) is 0 Å². The molecule has 0 fully saturated rings. The quantitative estimate of drug-likeness (QED) is 0.0615. The normalized spacial score (nSPS) is 13.9. The van der Waals surface area contributed by atoms with E-state index in [0.717, 1.165) is 31.7 Å². The Hall–Kier alpha value is -2.96. The molecule has 2 aromatic rings. The molecule has 0 saturated heterocycles. The van der Waals surface area contributed by atoms with Gasteiger partial charge in [-0.25, -0.2) is 5.06 Å². The fraction of sp³-hybridized carbons (Fsp3) is 0.440. The van der Waals surface area contributed by atoms with E-state index in [0.29, 0.717) is 30.7 Å². The minimum atomic E-state index is -7.03. The summed E-state index contributed by atoms with van der Waals surface area (Å²) >= 11 is -1.72. The lowest BCUT2D eigenvalue weighted by Gasteiger charge is -2.35. The Kier molecular flexibility index (Phi) is 10.9.